The summed E-state index contributed by atoms with van der Waals surface area (Å²) in [4.78, 5) is 11.4. The predicted octanol–water partition coefficient (Wildman–Crippen LogP) is 2.09. The van der Waals surface area contributed by atoms with E-state index >= 15 is 0 Å². The van der Waals surface area contributed by atoms with Crippen LogP contribution >= 0.6 is 0 Å². The first-order valence-corrected chi connectivity index (χ1v) is 7.16. The van der Waals surface area contributed by atoms with Crippen LogP contribution in [0.1, 0.15) is 44.2 Å². The number of nitrogens with zero attached hydrogens (tertiary/aromatic N) is 3. The number of nitrogens with two attached hydrogens (primary N) is 1. The first-order chi connectivity index (χ1) is 8.90. The van der Waals surface area contributed by atoms with Gasteiger partial charge in [0.25, 0.3) is 0 Å². The SMILES string of the molecule is NCc1nccnc1N1CCCC1C1CCCC1. The molecule has 1 atom stereocenters. The highest BCUT2D eigenvalue weighted by Gasteiger charge is 2.34. The van der Waals surface area contributed by atoms with Crippen LogP contribution in [0.4, 0.5) is 5.82 Å². The standard InChI is InChI=1S/C14H22N4/c15-10-12-14(17-8-7-16-12)18-9-3-6-13(18)11-4-1-2-5-11/h7-8,11,13H,1-6,9-10,15H2. The van der Waals surface area contributed by atoms with Crippen molar-refractivity contribution in [3.63, 3.8) is 0 Å². The topological polar surface area (TPSA) is 55.0 Å². The number of aromatic nitrogens is 2. The molecule has 0 radical (unpaired) electrons. The molecule has 2 fully saturated rings. The third kappa shape index (κ3) is 2.09. The first-order valence-electron chi connectivity index (χ1n) is 7.16. The summed E-state index contributed by atoms with van der Waals surface area (Å²) in [6.45, 7) is 1.60. The van der Waals surface area contributed by atoms with Crippen LogP contribution in [-0.2, 0) is 6.54 Å². The highest BCUT2D eigenvalue weighted by molar-refractivity contribution is 5.45. The maximum atomic E-state index is 5.79. The number of rotatable bonds is 3. The van der Waals surface area contributed by atoms with Crippen molar-refractivity contribution in [1.82, 2.24) is 9.97 Å². The van der Waals surface area contributed by atoms with E-state index < -0.39 is 0 Å². The van der Waals surface area contributed by atoms with Gasteiger partial charge in [-0.1, -0.05) is 12.8 Å². The molecule has 1 saturated heterocycles. The third-order valence-electron chi connectivity index (χ3n) is 4.46. The lowest BCUT2D eigenvalue weighted by Crippen LogP contribution is -2.36. The molecular formula is C14H22N4. The maximum absolute atomic E-state index is 5.79. The molecule has 0 aromatic carbocycles. The van der Waals surface area contributed by atoms with Gasteiger partial charge in [0.2, 0.25) is 0 Å². The minimum atomic E-state index is 0.483. The Balaban J connectivity index is 1.85. The van der Waals surface area contributed by atoms with Crippen LogP contribution in [-0.4, -0.2) is 22.6 Å². The molecule has 1 aromatic heterocycles. The van der Waals surface area contributed by atoms with Gasteiger partial charge in [0, 0.05) is 31.5 Å². The Bertz CT molecular complexity index is 401. The average molecular weight is 246 g/mol. The summed E-state index contributed by atoms with van der Waals surface area (Å²) in [6, 6.07) is 0.675. The Hall–Kier alpha value is -1.16. The van der Waals surface area contributed by atoms with Gasteiger partial charge < -0.3 is 10.6 Å². The molecule has 0 amide bonds. The van der Waals surface area contributed by atoms with E-state index in [0.29, 0.717) is 12.6 Å². The lowest BCUT2D eigenvalue weighted by atomic mass is 9.96. The Morgan fingerprint density at radius 2 is 1.89 bits per heavy atom. The van der Waals surface area contributed by atoms with Crippen LogP contribution in [0.5, 0.6) is 0 Å². The van der Waals surface area contributed by atoms with E-state index in [4.69, 9.17) is 5.73 Å². The molecule has 98 valence electrons. The van der Waals surface area contributed by atoms with Gasteiger partial charge in [-0.3, -0.25) is 4.98 Å². The average Bonchev–Trinajstić information content (AvgIpc) is 3.09. The Labute approximate surface area is 109 Å². The molecule has 1 aliphatic heterocycles. The van der Waals surface area contributed by atoms with Crippen LogP contribution in [0.25, 0.3) is 0 Å². The van der Waals surface area contributed by atoms with Gasteiger partial charge in [0.05, 0.1) is 5.69 Å². The van der Waals surface area contributed by atoms with Gasteiger partial charge in [-0.2, -0.15) is 0 Å². The summed E-state index contributed by atoms with van der Waals surface area (Å²) in [7, 11) is 0. The zero-order valence-electron chi connectivity index (χ0n) is 10.9. The molecule has 2 heterocycles. The predicted molar refractivity (Wildman–Crippen MR) is 72.2 cm³/mol. The lowest BCUT2D eigenvalue weighted by molar-refractivity contribution is 0.428. The van der Waals surface area contributed by atoms with Gasteiger partial charge in [-0.25, -0.2) is 4.98 Å². The van der Waals surface area contributed by atoms with Crippen LogP contribution < -0.4 is 10.6 Å². The molecular weight excluding hydrogens is 224 g/mol. The second-order valence-corrected chi connectivity index (χ2v) is 5.48. The summed E-state index contributed by atoms with van der Waals surface area (Å²) in [6.07, 6.45) is 11.7. The smallest absolute Gasteiger partial charge is 0.151 e. The number of hydrogen-bond donors (Lipinski definition) is 1. The molecule has 0 spiro atoms. The fourth-order valence-electron chi connectivity index (χ4n) is 3.63. The molecule has 1 unspecified atom stereocenters. The van der Waals surface area contributed by atoms with Crippen molar-refractivity contribution in [2.24, 2.45) is 11.7 Å². The number of anilines is 1. The zero-order chi connectivity index (χ0) is 12.4. The van der Waals surface area contributed by atoms with Crippen LogP contribution in [0.2, 0.25) is 0 Å². The van der Waals surface area contributed by atoms with E-state index in [-0.39, 0.29) is 0 Å². The summed E-state index contributed by atoms with van der Waals surface area (Å²) in [5.74, 6) is 1.90. The fraction of sp³-hybridized carbons (Fsp3) is 0.714. The molecule has 3 rings (SSSR count). The van der Waals surface area contributed by atoms with E-state index in [1.165, 1.54) is 38.5 Å². The van der Waals surface area contributed by atoms with E-state index in [2.05, 4.69) is 14.9 Å². The van der Waals surface area contributed by atoms with Gasteiger partial charge in [-0.15, -0.1) is 0 Å². The van der Waals surface area contributed by atoms with Crippen LogP contribution in [0, 0.1) is 5.92 Å². The Morgan fingerprint density at radius 1 is 1.11 bits per heavy atom. The van der Waals surface area contributed by atoms with E-state index in [1.54, 1.807) is 12.4 Å². The zero-order valence-corrected chi connectivity index (χ0v) is 10.9. The van der Waals surface area contributed by atoms with Crippen molar-refractivity contribution in [2.75, 3.05) is 11.4 Å². The van der Waals surface area contributed by atoms with Crippen molar-refractivity contribution in [1.29, 1.82) is 0 Å². The van der Waals surface area contributed by atoms with Gasteiger partial charge in [-0.05, 0) is 31.6 Å². The minimum Gasteiger partial charge on any atom is -0.352 e. The quantitative estimate of drug-likeness (QED) is 0.887. The molecule has 0 bridgehead atoms. The van der Waals surface area contributed by atoms with Gasteiger partial charge >= 0.3 is 0 Å². The number of hydrogen-bond acceptors (Lipinski definition) is 4. The summed E-state index contributed by atoms with van der Waals surface area (Å²) < 4.78 is 0. The van der Waals surface area contributed by atoms with Crippen molar-refractivity contribution >= 4 is 5.82 Å². The fourth-order valence-corrected chi connectivity index (χ4v) is 3.63. The Kier molecular flexibility index (Phi) is 3.46. The van der Waals surface area contributed by atoms with Crippen molar-refractivity contribution < 1.29 is 0 Å². The third-order valence-corrected chi connectivity index (χ3v) is 4.46. The highest BCUT2D eigenvalue weighted by Crippen LogP contribution is 2.37. The minimum absolute atomic E-state index is 0.483. The normalized spacial score (nSPS) is 24.9. The summed E-state index contributed by atoms with van der Waals surface area (Å²) in [5.41, 5.74) is 6.73. The lowest BCUT2D eigenvalue weighted by Gasteiger charge is -2.31. The van der Waals surface area contributed by atoms with E-state index in [1.807, 2.05) is 0 Å². The Morgan fingerprint density at radius 3 is 2.67 bits per heavy atom. The molecule has 1 aliphatic carbocycles. The maximum Gasteiger partial charge on any atom is 0.151 e. The second kappa shape index (κ2) is 5.22. The highest BCUT2D eigenvalue weighted by atomic mass is 15.2. The molecule has 4 heteroatoms. The van der Waals surface area contributed by atoms with Crippen LogP contribution in [0.15, 0.2) is 12.4 Å². The molecule has 18 heavy (non-hydrogen) atoms. The second-order valence-electron chi connectivity index (χ2n) is 5.48. The monoisotopic (exact) mass is 246 g/mol. The molecule has 4 nitrogen and oxygen atoms in total. The van der Waals surface area contributed by atoms with Crippen molar-refractivity contribution in [3.8, 4) is 0 Å². The molecule has 1 saturated carbocycles. The van der Waals surface area contributed by atoms with Crippen LogP contribution in [0.3, 0.4) is 0 Å². The van der Waals surface area contributed by atoms with Crippen molar-refractivity contribution in [2.45, 2.75) is 51.1 Å². The first kappa shape index (κ1) is 11.9. The summed E-state index contributed by atoms with van der Waals surface area (Å²) in [5, 5.41) is 0. The van der Waals surface area contributed by atoms with E-state index in [9.17, 15) is 0 Å². The van der Waals surface area contributed by atoms with Gasteiger partial charge in [0.1, 0.15) is 0 Å². The molecule has 1 aromatic rings. The van der Waals surface area contributed by atoms with E-state index in [0.717, 1.165) is 24.0 Å². The van der Waals surface area contributed by atoms with Crippen molar-refractivity contribution in [3.05, 3.63) is 18.1 Å². The molecule has 2 N–H and O–H groups in total. The molecule has 2 aliphatic rings. The largest absolute Gasteiger partial charge is 0.352 e. The van der Waals surface area contributed by atoms with Gasteiger partial charge in [0.15, 0.2) is 5.82 Å². The summed E-state index contributed by atoms with van der Waals surface area (Å²) >= 11 is 0.